The maximum absolute atomic E-state index is 13.1. The molecule has 188 valence electrons. The summed E-state index contributed by atoms with van der Waals surface area (Å²) in [6.07, 6.45) is 1.61. The molecule has 0 atom stereocenters. The summed E-state index contributed by atoms with van der Waals surface area (Å²) in [6, 6.07) is 22.5. The minimum Gasteiger partial charge on any atom is -0.341 e. The van der Waals surface area contributed by atoms with Crippen LogP contribution < -0.4 is 5.32 Å². The number of aryl methyl sites for hydroxylation is 1. The number of nitrogens with one attached hydrogen (secondary N) is 1. The van der Waals surface area contributed by atoms with E-state index in [0.29, 0.717) is 18.3 Å². The summed E-state index contributed by atoms with van der Waals surface area (Å²) in [7, 11) is 0. The van der Waals surface area contributed by atoms with Crippen molar-refractivity contribution in [3.63, 3.8) is 0 Å². The Hall–Kier alpha value is -3.49. The molecule has 5 aromatic rings. The summed E-state index contributed by atoms with van der Waals surface area (Å²) in [5.74, 6) is 1.27. The van der Waals surface area contributed by atoms with Gasteiger partial charge in [-0.15, -0.1) is 0 Å². The standard InChI is InChI=1S/C29H28BrN5O2/c1-2-35-25-6-4-3-5-23(25)24-17-22(11-12-26(24)35)31-29(36)20-13-15-34(16-14-20)18-27-32-28(33-37-27)19-7-9-21(30)10-8-19/h3-12,17,20H,2,13-16,18H2,1H3,(H,31,36). The molecule has 0 unspecified atom stereocenters. The fourth-order valence-electron chi connectivity index (χ4n) is 5.30. The first-order valence-corrected chi connectivity index (χ1v) is 13.5. The summed E-state index contributed by atoms with van der Waals surface area (Å²) in [6.45, 7) is 5.29. The van der Waals surface area contributed by atoms with Crippen LogP contribution >= 0.6 is 15.9 Å². The summed E-state index contributed by atoms with van der Waals surface area (Å²) in [5, 5.41) is 9.69. The SMILES string of the molecule is CCn1c2ccccc2c2cc(NC(=O)C3CCN(Cc4nc(-c5ccc(Br)cc5)no4)CC3)ccc21. The molecule has 37 heavy (non-hydrogen) atoms. The normalized spacial score (nSPS) is 15.0. The Balaban J connectivity index is 1.08. The summed E-state index contributed by atoms with van der Waals surface area (Å²) in [5.41, 5.74) is 4.19. The molecular weight excluding hydrogens is 530 g/mol. The number of fused-ring (bicyclic) bond motifs is 3. The van der Waals surface area contributed by atoms with Crippen molar-refractivity contribution in [3.8, 4) is 11.4 Å². The lowest BCUT2D eigenvalue weighted by atomic mass is 9.95. The van der Waals surface area contributed by atoms with E-state index < -0.39 is 0 Å². The molecular formula is C29H28BrN5O2. The van der Waals surface area contributed by atoms with Gasteiger partial charge in [-0.1, -0.05) is 39.3 Å². The van der Waals surface area contributed by atoms with E-state index in [4.69, 9.17) is 4.52 Å². The number of benzene rings is 3. The van der Waals surface area contributed by atoms with Crippen LogP contribution in [0, 0.1) is 5.92 Å². The summed E-state index contributed by atoms with van der Waals surface area (Å²) < 4.78 is 8.81. The fraction of sp³-hybridized carbons (Fsp3) is 0.276. The van der Waals surface area contributed by atoms with Crippen LogP contribution in [0.4, 0.5) is 5.69 Å². The Morgan fingerprint density at radius 1 is 1.03 bits per heavy atom. The zero-order chi connectivity index (χ0) is 25.4. The zero-order valence-electron chi connectivity index (χ0n) is 20.7. The number of para-hydroxylation sites is 1. The van der Waals surface area contributed by atoms with Gasteiger partial charge in [0.1, 0.15) is 0 Å². The van der Waals surface area contributed by atoms with E-state index in [1.165, 1.54) is 21.8 Å². The second kappa shape index (κ2) is 10.1. The quantitative estimate of drug-likeness (QED) is 0.258. The van der Waals surface area contributed by atoms with Crippen LogP contribution in [0.1, 0.15) is 25.7 Å². The molecule has 0 saturated carbocycles. The van der Waals surface area contributed by atoms with E-state index in [0.717, 1.165) is 48.2 Å². The van der Waals surface area contributed by atoms with Crippen molar-refractivity contribution in [3.05, 3.63) is 77.1 Å². The van der Waals surface area contributed by atoms with Crippen molar-refractivity contribution in [1.29, 1.82) is 0 Å². The second-order valence-electron chi connectivity index (χ2n) is 9.55. The number of carbonyl (C=O) groups excluding carboxylic acids is 1. The van der Waals surface area contributed by atoms with Crippen LogP contribution in [0.3, 0.4) is 0 Å². The van der Waals surface area contributed by atoms with E-state index in [-0.39, 0.29) is 11.8 Å². The number of hydrogen-bond donors (Lipinski definition) is 1. The van der Waals surface area contributed by atoms with Gasteiger partial charge in [0, 0.05) is 50.0 Å². The number of rotatable bonds is 6. The molecule has 1 aliphatic heterocycles. The van der Waals surface area contributed by atoms with E-state index in [9.17, 15) is 4.79 Å². The fourth-order valence-corrected chi connectivity index (χ4v) is 5.56. The molecule has 3 heterocycles. The first kappa shape index (κ1) is 23.9. The monoisotopic (exact) mass is 557 g/mol. The smallest absolute Gasteiger partial charge is 0.241 e. The number of halogens is 1. The number of aromatic nitrogens is 3. The highest BCUT2D eigenvalue weighted by molar-refractivity contribution is 9.10. The number of hydrogen-bond acceptors (Lipinski definition) is 5. The van der Waals surface area contributed by atoms with Gasteiger partial charge in [-0.05, 0) is 81.4 Å². The number of piperidine rings is 1. The van der Waals surface area contributed by atoms with Crippen molar-refractivity contribution in [1.82, 2.24) is 19.6 Å². The molecule has 6 rings (SSSR count). The average molecular weight is 558 g/mol. The van der Waals surface area contributed by atoms with E-state index in [1.54, 1.807) is 0 Å². The van der Waals surface area contributed by atoms with Crippen LogP contribution in [-0.2, 0) is 17.9 Å². The summed E-state index contributed by atoms with van der Waals surface area (Å²) in [4.78, 5) is 19.9. The van der Waals surface area contributed by atoms with Crippen LogP contribution in [0.2, 0.25) is 0 Å². The van der Waals surface area contributed by atoms with E-state index in [2.05, 4.69) is 84.2 Å². The molecule has 0 aliphatic carbocycles. The van der Waals surface area contributed by atoms with Crippen molar-refractivity contribution in [2.45, 2.75) is 32.9 Å². The van der Waals surface area contributed by atoms with Gasteiger partial charge < -0.3 is 14.4 Å². The average Bonchev–Trinajstić information content (AvgIpc) is 3.51. The second-order valence-corrected chi connectivity index (χ2v) is 10.5. The van der Waals surface area contributed by atoms with Crippen molar-refractivity contribution in [2.24, 2.45) is 5.92 Å². The largest absolute Gasteiger partial charge is 0.341 e. The highest BCUT2D eigenvalue weighted by Gasteiger charge is 2.26. The Morgan fingerprint density at radius 3 is 2.57 bits per heavy atom. The Bertz CT molecular complexity index is 1560. The van der Waals surface area contributed by atoms with Gasteiger partial charge in [-0.3, -0.25) is 9.69 Å². The molecule has 1 amide bonds. The summed E-state index contributed by atoms with van der Waals surface area (Å²) >= 11 is 3.44. The van der Waals surface area contributed by atoms with Gasteiger partial charge >= 0.3 is 0 Å². The van der Waals surface area contributed by atoms with Crippen molar-refractivity contribution < 1.29 is 9.32 Å². The molecule has 1 N–H and O–H groups in total. The van der Waals surface area contributed by atoms with Gasteiger partial charge in [-0.2, -0.15) is 4.98 Å². The number of amides is 1. The number of carbonyl (C=O) groups is 1. The van der Waals surface area contributed by atoms with E-state index >= 15 is 0 Å². The lowest BCUT2D eigenvalue weighted by Gasteiger charge is -2.30. The molecule has 8 heteroatoms. The first-order chi connectivity index (χ1) is 18.1. The minimum absolute atomic E-state index is 0.00931. The lowest BCUT2D eigenvalue weighted by molar-refractivity contribution is -0.121. The van der Waals surface area contributed by atoms with Gasteiger partial charge in [0.2, 0.25) is 17.6 Å². The third-order valence-corrected chi connectivity index (χ3v) is 7.77. The highest BCUT2D eigenvalue weighted by atomic mass is 79.9. The lowest BCUT2D eigenvalue weighted by Crippen LogP contribution is -2.37. The van der Waals surface area contributed by atoms with Crippen LogP contribution in [-0.4, -0.2) is 38.6 Å². The minimum atomic E-state index is -0.00931. The maximum Gasteiger partial charge on any atom is 0.241 e. The zero-order valence-corrected chi connectivity index (χ0v) is 22.2. The molecule has 1 fully saturated rings. The predicted molar refractivity (Wildman–Crippen MR) is 149 cm³/mol. The Kier molecular flexibility index (Phi) is 6.52. The van der Waals surface area contributed by atoms with Gasteiger partial charge in [0.05, 0.1) is 6.54 Å². The third kappa shape index (κ3) is 4.79. The van der Waals surface area contributed by atoms with Gasteiger partial charge in [-0.25, -0.2) is 0 Å². The molecule has 2 aromatic heterocycles. The van der Waals surface area contributed by atoms with Crippen molar-refractivity contribution >= 4 is 49.3 Å². The van der Waals surface area contributed by atoms with Crippen molar-refractivity contribution in [2.75, 3.05) is 18.4 Å². The number of likely N-dealkylation sites (tertiary alicyclic amines) is 1. The maximum atomic E-state index is 13.1. The topological polar surface area (TPSA) is 76.2 Å². The molecule has 0 radical (unpaired) electrons. The van der Waals surface area contributed by atoms with Crippen LogP contribution in [0.5, 0.6) is 0 Å². The molecule has 1 aliphatic rings. The molecule has 0 spiro atoms. The molecule has 7 nitrogen and oxygen atoms in total. The van der Waals surface area contributed by atoms with Gasteiger partial charge in [0.25, 0.3) is 0 Å². The number of anilines is 1. The van der Waals surface area contributed by atoms with Crippen LogP contribution in [0.15, 0.2) is 75.7 Å². The number of nitrogens with zero attached hydrogens (tertiary/aromatic N) is 4. The molecule has 0 bridgehead atoms. The van der Waals surface area contributed by atoms with Crippen LogP contribution in [0.25, 0.3) is 33.2 Å². The Labute approximate surface area is 223 Å². The molecule has 3 aromatic carbocycles. The van der Waals surface area contributed by atoms with E-state index in [1.807, 2.05) is 30.3 Å². The first-order valence-electron chi connectivity index (χ1n) is 12.7. The van der Waals surface area contributed by atoms with Gasteiger partial charge in [0.15, 0.2) is 0 Å². The Morgan fingerprint density at radius 2 is 1.78 bits per heavy atom. The third-order valence-electron chi connectivity index (χ3n) is 7.24. The molecule has 1 saturated heterocycles. The highest BCUT2D eigenvalue weighted by Crippen LogP contribution is 2.31. The predicted octanol–water partition coefficient (Wildman–Crippen LogP) is 6.48.